The van der Waals surface area contributed by atoms with Crippen LogP contribution in [0.5, 0.6) is 0 Å². The summed E-state index contributed by atoms with van der Waals surface area (Å²) in [5.41, 5.74) is 1.95. The Hall–Kier alpha value is -1.73. The molecule has 0 atom stereocenters. The molecule has 0 unspecified atom stereocenters. The van der Waals surface area contributed by atoms with Crippen molar-refractivity contribution in [1.82, 2.24) is 14.5 Å². The molecule has 23 heavy (non-hydrogen) atoms. The Morgan fingerprint density at radius 2 is 1.78 bits per heavy atom. The molecule has 0 N–H and O–H groups in total. The van der Waals surface area contributed by atoms with Gasteiger partial charge in [0.15, 0.2) is 0 Å². The van der Waals surface area contributed by atoms with Crippen molar-refractivity contribution in [3.63, 3.8) is 0 Å². The van der Waals surface area contributed by atoms with Gasteiger partial charge in [0.2, 0.25) is 21.8 Å². The van der Waals surface area contributed by atoms with Gasteiger partial charge in [-0.05, 0) is 25.3 Å². The van der Waals surface area contributed by atoms with E-state index in [1.54, 1.807) is 11.2 Å². The van der Waals surface area contributed by atoms with Crippen LogP contribution in [0.1, 0.15) is 41.7 Å². The molecule has 1 saturated heterocycles. The van der Waals surface area contributed by atoms with Gasteiger partial charge in [-0.1, -0.05) is 29.8 Å². The highest BCUT2D eigenvalue weighted by atomic mass is 32.2. The molecule has 1 aliphatic rings. The molecule has 2 heterocycles. The zero-order chi connectivity index (χ0) is 16.4. The van der Waals surface area contributed by atoms with Crippen LogP contribution in [0, 0.1) is 13.8 Å². The Kier molecular flexibility index (Phi) is 4.50. The minimum absolute atomic E-state index is 0.0532. The van der Waals surface area contributed by atoms with Gasteiger partial charge in [-0.15, -0.1) is 10.2 Å². The number of aryl methyl sites for hydroxylation is 2. The maximum absolute atomic E-state index is 12.6. The van der Waals surface area contributed by atoms with Gasteiger partial charge < -0.3 is 4.42 Å². The number of benzene rings is 1. The van der Waals surface area contributed by atoms with E-state index in [-0.39, 0.29) is 11.7 Å². The van der Waals surface area contributed by atoms with Crippen LogP contribution in [0.15, 0.2) is 28.7 Å². The maximum atomic E-state index is 12.6. The van der Waals surface area contributed by atoms with Crippen molar-refractivity contribution in [2.45, 2.75) is 38.4 Å². The summed E-state index contributed by atoms with van der Waals surface area (Å²) >= 11 is 0. The average molecular weight is 335 g/mol. The van der Waals surface area contributed by atoms with Crippen molar-refractivity contribution in [1.29, 1.82) is 0 Å². The van der Waals surface area contributed by atoms with Crippen LogP contribution in [0.3, 0.4) is 0 Å². The summed E-state index contributed by atoms with van der Waals surface area (Å²) in [5, 5.41) is 7.89. The molecule has 2 aromatic rings. The first-order valence-electron chi connectivity index (χ1n) is 7.77. The first-order valence-corrected chi connectivity index (χ1v) is 9.38. The van der Waals surface area contributed by atoms with E-state index >= 15 is 0 Å². The molecule has 124 valence electrons. The van der Waals surface area contributed by atoms with Crippen LogP contribution in [0.2, 0.25) is 0 Å². The third-order valence-corrected chi connectivity index (χ3v) is 6.06. The number of rotatable bonds is 4. The fourth-order valence-electron chi connectivity index (χ4n) is 2.84. The minimum atomic E-state index is -3.28. The van der Waals surface area contributed by atoms with Crippen molar-refractivity contribution in [3.05, 3.63) is 47.2 Å². The molecule has 1 aromatic carbocycles. The number of hydrogen-bond donors (Lipinski definition) is 0. The number of hydrogen-bond acceptors (Lipinski definition) is 5. The molecule has 0 radical (unpaired) electrons. The lowest BCUT2D eigenvalue weighted by Gasteiger charge is -2.29. The molecule has 3 rings (SSSR count). The predicted molar refractivity (Wildman–Crippen MR) is 86.4 cm³/mol. The molecular formula is C16H21N3O3S. The second-order valence-electron chi connectivity index (χ2n) is 6.07. The number of piperidine rings is 1. The summed E-state index contributed by atoms with van der Waals surface area (Å²) in [5.74, 6) is 1.38. The van der Waals surface area contributed by atoms with Crippen LogP contribution >= 0.6 is 0 Å². The fraction of sp³-hybridized carbons (Fsp3) is 0.500. The van der Waals surface area contributed by atoms with E-state index in [2.05, 4.69) is 10.2 Å². The number of aromatic nitrogens is 2. The summed E-state index contributed by atoms with van der Waals surface area (Å²) in [6.07, 6.45) is 1.43. The van der Waals surface area contributed by atoms with Gasteiger partial charge in [-0.25, -0.2) is 12.7 Å². The fourth-order valence-corrected chi connectivity index (χ4v) is 4.41. The van der Waals surface area contributed by atoms with E-state index < -0.39 is 10.0 Å². The van der Waals surface area contributed by atoms with Gasteiger partial charge in [0, 0.05) is 25.9 Å². The summed E-state index contributed by atoms with van der Waals surface area (Å²) in [4.78, 5) is 0. The summed E-state index contributed by atoms with van der Waals surface area (Å²) in [7, 11) is -3.28. The van der Waals surface area contributed by atoms with Gasteiger partial charge in [0.1, 0.15) is 0 Å². The topological polar surface area (TPSA) is 76.3 Å². The average Bonchev–Trinajstić information content (AvgIpc) is 2.96. The smallest absolute Gasteiger partial charge is 0.219 e. The summed E-state index contributed by atoms with van der Waals surface area (Å²) in [6, 6.07) is 7.63. The Balaban J connectivity index is 1.63. The molecule has 0 amide bonds. The lowest BCUT2D eigenvalue weighted by Crippen LogP contribution is -2.38. The van der Waals surface area contributed by atoms with Crippen LogP contribution in [0.25, 0.3) is 0 Å². The van der Waals surface area contributed by atoms with Crippen molar-refractivity contribution in [2.24, 2.45) is 0 Å². The molecule has 1 aromatic heterocycles. The Bertz CT molecular complexity index is 760. The van der Waals surface area contributed by atoms with Gasteiger partial charge in [-0.3, -0.25) is 0 Å². The SMILES string of the molecule is Cc1ccc(CS(=O)(=O)N2CCC(c3nnc(C)o3)CC2)cc1. The van der Waals surface area contributed by atoms with Gasteiger partial charge in [0.05, 0.1) is 5.75 Å². The zero-order valence-corrected chi connectivity index (χ0v) is 14.2. The van der Waals surface area contributed by atoms with E-state index in [1.807, 2.05) is 31.2 Å². The molecular weight excluding hydrogens is 314 g/mol. The van der Waals surface area contributed by atoms with Crippen LogP contribution in [0.4, 0.5) is 0 Å². The third-order valence-electron chi connectivity index (χ3n) is 4.21. The molecule has 0 aliphatic carbocycles. The van der Waals surface area contributed by atoms with Gasteiger partial charge in [-0.2, -0.15) is 0 Å². The standard InChI is InChI=1S/C16H21N3O3S/c1-12-3-5-14(6-4-12)11-23(20,21)19-9-7-15(8-10-19)16-18-17-13(2)22-16/h3-6,15H,7-11H2,1-2H3. The highest BCUT2D eigenvalue weighted by Crippen LogP contribution is 2.28. The summed E-state index contributed by atoms with van der Waals surface area (Å²) < 4.78 is 32.2. The highest BCUT2D eigenvalue weighted by molar-refractivity contribution is 7.88. The van der Waals surface area contributed by atoms with Crippen LogP contribution in [-0.2, 0) is 15.8 Å². The first kappa shape index (κ1) is 16.1. The molecule has 0 saturated carbocycles. The first-order chi connectivity index (χ1) is 10.9. The minimum Gasteiger partial charge on any atom is -0.425 e. The van der Waals surface area contributed by atoms with Gasteiger partial charge >= 0.3 is 0 Å². The van der Waals surface area contributed by atoms with Crippen molar-refractivity contribution in [2.75, 3.05) is 13.1 Å². The van der Waals surface area contributed by atoms with E-state index in [0.717, 1.165) is 24.0 Å². The second kappa shape index (κ2) is 6.41. The molecule has 1 aliphatic heterocycles. The lowest BCUT2D eigenvalue weighted by atomic mass is 9.98. The third kappa shape index (κ3) is 3.79. The van der Waals surface area contributed by atoms with Gasteiger partial charge in [0.25, 0.3) is 0 Å². The zero-order valence-electron chi connectivity index (χ0n) is 13.4. The quantitative estimate of drug-likeness (QED) is 0.857. The van der Waals surface area contributed by atoms with Crippen LogP contribution in [-0.4, -0.2) is 36.0 Å². The van der Waals surface area contributed by atoms with Crippen molar-refractivity contribution in [3.8, 4) is 0 Å². The van der Waals surface area contributed by atoms with Crippen molar-refractivity contribution < 1.29 is 12.8 Å². The van der Waals surface area contributed by atoms with E-state index in [0.29, 0.717) is 24.9 Å². The second-order valence-corrected chi connectivity index (χ2v) is 8.04. The Morgan fingerprint density at radius 3 is 2.35 bits per heavy atom. The Morgan fingerprint density at radius 1 is 1.13 bits per heavy atom. The summed E-state index contributed by atoms with van der Waals surface area (Å²) in [6.45, 7) is 4.75. The van der Waals surface area contributed by atoms with Crippen LogP contribution < -0.4 is 0 Å². The molecule has 0 spiro atoms. The molecule has 6 nitrogen and oxygen atoms in total. The Labute approximate surface area is 136 Å². The van der Waals surface area contributed by atoms with E-state index in [1.165, 1.54) is 0 Å². The van der Waals surface area contributed by atoms with E-state index in [9.17, 15) is 8.42 Å². The monoisotopic (exact) mass is 335 g/mol. The molecule has 7 heteroatoms. The normalized spacial score (nSPS) is 17.5. The van der Waals surface area contributed by atoms with Crippen molar-refractivity contribution >= 4 is 10.0 Å². The number of sulfonamides is 1. The predicted octanol–water partition coefficient (Wildman–Crippen LogP) is 2.40. The highest BCUT2D eigenvalue weighted by Gasteiger charge is 2.30. The van der Waals surface area contributed by atoms with E-state index in [4.69, 9.17) is 4.42 Å². The molecule has 0 bridgehead atoms. The maximum Gasteiger partial charge on any atom is 0.219 e. The number of nitrogens with zero attached hydrogens (tertiary/aromatic N) is 3. The largest absolute Gasteiger partial charge is 0.425 e. The lowest BCUT2D eigenvalue weighted by molar-refractivity contribution is 0.287. The molecule has 1 fully saturated rings.